The van der Waals surface area contributed by atoms with Crippen LogP contribution in [0.25, 0.3) is 0 Å². The standard InChI is InChI=1S/C23H27F4N7O/c24-18-19(34(17-5-6-17)11-15-1-3-16(4-2-15)23(25,26)27)30-13-32-22(18,28)12-21(7-9-29-10-8-21)20-31-14-35-33-20/h1-4,13-14,17,29H,5-12,28H2,(H,30,32). The van der Waals surface area contributed by atoms with Crippen LogP contribution in [-0.2, 0) is 18.1 Å². The highest BCUT2D eigenvalue weighted by Crippen LogP contribution is 2.43. The maximum atomic E-state index is 16.1. The van der Waals surface area contributed by atoms with E-state index in [9.17, 15) is 13.2 Å². The van der Waals surface area contributed by atoms with Crippen molar-refractivity contribution in [3.63, 3.8) is 0 Å². The van der Waals surface area contributed by atoms with Crippen molar-refractivity contribution in [3.05, 3.63) is 59.3 Å². The van der Waals surface area contributed by atoms with Gasteiger partial charge in [-0.15, -0.1) is 0 Å². The predicted molar refractivity (Wildman–Crippen MR) is 119 cm³/mol. The number of hydrogen-bond donors (Lipinski definition) is 3. The Morgan fingerprint density at radius 2 is 1.86 bits per heavy atom. The van der Waals surface area contributed by atoms with E-state index in [2.05, 4.69) is 25.8 Å². The zero-order chi connectivity index (χ0) is 24.7. The quantitative estimate of drug-likeness (QED) is 0.509. The van der Waals surface area contributed by atoms with Gasteiger partial charge in [0.25, 0.3) is 0 Å². The number of nitrogens with one attached hydrogen (secondary N) is 2. The molecule has 3 heterocycles. The summed E-state index contributed by atoms with van der Waals surface area (Å²) in [7, 11) is 0. The topological polar surface area (TPSA) is 105 Å². The smallest absolute Gasteiger partial charge is 0.349 e. The van der Waals surface area contributed by atoms with Crippen LogP contribution in [0, 0.1) is 0 Å². The number of alkyl halides is 3. The highest BCUT2D eigenvalue weighted by atomic mass is 19.4. The van der Waals surface area contributed by atoms with Crippen molar-refractivity contribution in [2.75, 3.05) is 13.1 Å². The number of rotatable bonds is 7. The lowest BCUT2D eigenvalue weighted by molar-refractivity contribution is -0.137. The summed E-state index contributed by atoms with van der Waals surface area (Å²) < 4.78 is 60.0. The average molecular weight is 494 g/mol. The van der Waals surface area contributed by atoms with Gasteiger partial charge in [-0.05, 0) is 56.5 Å². The Balaban J connectivity index is 1.43. The van der Waals surface area contributed by atoms with Crippen LogP contribution in [0.3, 0.4) is 0 Å². The summed E-state index contributed by atoms with van der Waals surface area (Å²) in [5.41, 5.74) is 4.27. The van der Waals surface area contributed by atoms with Crippen LogP contribution in [-0.4, -0.2) is 46.2 Å². The monoisotopic (exact) mass is 493 g/mol. The van der Waals surface area contributed by atoms with Crippen LogP contribution >= 0.6 is 0 Å². The van der Waals surface area contributed by atoms with Crippen LogP contribution in [0.5, 0.6) is 0 Å². The van der Waals surface area contributed by atoms with Gasteiger partial charge in [0.1, 0.15) is 5.82 Å². The molecule has 12 heteroatoms. The van der Waals surface area contributed by atoms with Gasteiger partial charge in [0.15, 0.2) is 17.3 Å². The highest BCUT2D eigenvalue weighted by Gasteiger charge is 2.49. The SMILES string of the molecule is NC1(CC2(c3ncon3)CCNCC2)N=CNC(N(Cc2ccc(C(F)(F)F)cc2)C2CC2)=C1F. The number of nitrogens with zero attached hydrogens (tertiary/aromatic N) is 4. The molecule has 1 unspecified atom stereocenters. The minimum atomic E-state index is -4.41. The number of aromatic nitrogens is 2. The van der Waals surface area contributed by atoms with Crippen molar-refractivity contribution in [1.82, 2.24) is 25.7 Å². The first-order valence-corrected chi connectivity index (χ1v) is 11.6. The first kappa shape index (κ1) is 23.7. The van der Waals surface area contributed by atoms with E-state index in [0.717, 1.165) is 25.0 Å². The second kappa shape index (κ2) is 8.90. The van der Waals surface area contributed by atoms with Crippen LogP contribution < -0.4 is 16.4 Å². The van der Waals surface area contributed by atoms with Gasteiger partial charge in [0, 0.05) is 24.4 Å². The maximum Gasteiger partial charge on any atom is 0.416 e. The molecule has 0 spiro atoms. The molecule has 1 atom stereocenters. The fraction of sp³-hybridized carbons (Fsp3) is 0.522. The fourth-order valence-electron chi connectivity index (χ4n) is 4.94. The largest absolute Gasteiger partial charge is 0.416 e. The van der Waals surface area contributed by atoms with E-state index in [4.69, 9.17) is 10.3 Å². The zero-order valence-corrected chi connectivity index (χ0v) is 19.0. The number of aliphatic imine (C=N–C) groups is 1. The fourth-order valence-corrected chi connectivity index (χ4v) is 4.94. The average Bonchev–Trinajstić information content (AvgIpc) is 3.51. The van der Waals surface area contributed by atoms with E-state index in [1.807, 2.05) is 4.90 Å². The normalized spacial score (nSPS) is 24.4. The van der Waals surface area contributed by atoms with E-state index in [1.54, 1.807) is 0 Å². The molecule has 2 aromatic rings. The van der Waals surface area contributed by atoms with Gasteiger partial charge in [0.2, 0.25) is 6.39 Å². The van der Waals surface area contributed by atoms with Crippen molar-refractivity contribution < 1.29 is 22.1 Å². The summed E-state index contributed by atoms with van der Waals surface area (Å²) in [6, 6.07) is 4.98. The van der Waals surface area contributed by atoms with E-state index in [0.29, 0.717) is 37.3 Å². The van der Waals surface area contributed by atoms with Crippen molar-refractivity contribution in [2.45, 2.75) is 61.9 Å². The zero-order valence-electron chi connectivity index (χ0n) is 19.0. The lowest BCUT2D eigenvalue weighted by Crippen LogP contribution is -2.53. The first-order valence-electron chi connectivity index (χ1n) is 11.6. The molecule has 0 bridgehead atoms. The molecule has 35 heavy (non-hydrogen) atoms. The Kier molecular flexibility index (Phi) is 6.04. The number of halogens is 4. The van der Waals surface area contributed by atoms with E-state index in [-0.39, 0.29) is 24.8 Å². The number of piperidine rings is 1. The molecule has 2 fully saturated rings. The molecule has 8 nitrogen and oxygen atoms in total. The molecule has 1 saturated heterocycles. The Bertz CT molecular complexity index is 1090. The Morgan fingerprint density at radius 1 is 1.14 bits per heavy atom. The number of benzene rings is 1. The lowest BCUT2D eigenvalue weighted by atomic mass is 9.71. The van der Waals surface area contributed by atoms with Gasteiger partial charge < -0.3 is 25.8 Å². The van der Waals surface area contributed by atoms with Gasteiger partial charge in [0.05, 0.1) is 11.9 Å². The van der Waals surface area contributed by atoms with Gasteiger partial charge in [-0.25, -0.2) is 9.38 Å². The van der Waals surface area contributed by atoms with Crippen LogP contribution in [0.2, 0.25) is 0 Å². The molecule has 5 rings (SSSR count). The molecular weight excluding hydrogens is 466 g/mol. The summed E-state index contributed by atoms with van der Waals surface area (Å²) in [6.07, 6.45) is 1.39. The lowest BCUT2D eigenvalue weighted by Gasteiger charge is -2.42. The van der Waals surface area contributed by atoms with Gasteiger partial charge in [-0.1, -0.05) is 17.3 Å². The third-order valence-corrected chi connectivity index (χ3v) is 7.00. The molecule has 0 radical (unpaired) electrons. The second-order valence-corrected chi connectivity index (χ2v) is 9.51. The molecule has 188 valence electrons. The highest BCUT2D eigenvalue weighted by molar-refractivity contribution is 5.61. The molecule has 1 aromatic heterocycles. The molecule has 0 amide bonds. The van der Waals surface area contributed by atoms with E-state index >= 15 is 4.39 Å². The first-order chi connectivity index (χ1) is 16.7. The van der Waals surface area contributed by atoms with Crippen molar-refractivity contribution in [2.24, 2.45) is 10.7 Å². The molecule has 4 N–H and O–H groups in total. The number of nitrogens with two attached hydrogens (primary N) is 1. The Hall–Kier alpha value is -2.99. The van der Waals surface area contributed by atoms with Crippen LogP contribution in [0.15, 0.2) is 51.8 Å². The van der Waals surface area contributed by atoms with E-state index < -0.39 is 28.6 Å². The summed E-state index contributed by atoms with van der Waals surface area (Å²) >= 11 is 0. The molecular formula is C23H27F4N7O. The molecule has 1 aliphatic carbocycles. The van der Waals surface area contributed by atoms with Gasteiger partial charge in [-0.3, -0.25) is 0 Å². The molecule has 3 aliphatic rings. The van der Waals surface area contributed by atoms with Crippen molar-refractivity contribution in [1.29, 1.82) is 0 Å². The maximum absolute atomic E-state index is 16.1. The Labute approximate surface area is 199 Å². The summed E-state index contributed by atoms with van der Waals surface area (Å²) in [5, 5.41) is 10.2. The summed E-state index contributed by atoms with van der Waals surface area (Å²) in [6.45, 7) is 1.64. The molecule has 1 aromatic carbocycles. The Morgan fingerprint density at radius 3 is 2.46 bits per heavy atom. The van der Waals surface area contributed by atoms with Gasteiger partial charge >= 0.3 is 6.18 Å². The third-order valence-electron chi connectivity index (χ3n) is 7.00. The molecule has 2 aliphatic heterocycles. The van der Waals surface area contributed by atoms with Crippen molar-refractivity contribution in [3.8, 4) is 0 Å². The van der Waals surface area contributed by atoms with Crippen LogP contribution in [0.4, 0.5) is 17.6 Å². The molecule has 1 saturated carbocycles. The number of hydrogen-bond acceptors (Lipinski definition) is 8. The summed E-state index contributed by atoms with van der Waals surface area (Å²) in [5.74, 6) is 0.0676. The third kappa shape index (κ3) is 4.76. The van der Waals surface area contributed by atoms with E-state index in [1.165, 1.54) is 24.9 Å². The summed E-state index contributed by atoms with van der Waals surface area (Å²) in [4.78, 5) is 10.4. The minimum Gasteiger partial charge on any atom is -0.349 e. The van der Waals surface area contributed by atoms with Crippen molar-refractivity contribution >= 4 is 6.34 Å². The van der Waals surface area contributed by atoms with Gasteiger partial charge in [-0.2, -0.15) is 18.2 Å². The van der Waals surface area contributed by atoms with Crippen LogP contribution in [0.1, 0.15) is 49.1 Å². The minimum absolute atomic E-state index is 0.0614. The second-order valence-electron chi connectivity index (χ2n) is 9.51. The predicted octanol–water partition coefficient (Wildman–Crippen LogP) is 3.19.